The lowest BCUT2D eigenvalue weighted by Crippen LogP contribution is -2.39. The average Bonchev–Trinajstić information content (AvgIpc) is 2.05. The zero-order valence-corrected chi connectivity index (χ0v) is 7.35. The smallest absolute Gasteiger partial charge is 0.0766 e. The summed E-state index contributed by atoms with van der Waals surface area (Å²) < 4.78 is 0. The number of terminal acetylenes is 1. The van der Waals surface area contributed by atoms with Crippen LogP contribution in [0, 0.1) is 12.3 Å². The maximum atomic E-state index is 9.72. The molecule has 0 aromatic heterocycles. The Morgan fingerprint density at radius 3 is 2.36 bits per heavy atom. The van der Waals surface area contributed by atoms with Crippen LogP contribution in [-0.2, 0) is 0 Å². The van der Waals surface area contributed by atoms with Crippen LogP contribution in [0.3, 0.4) is 0 Å². The summed E-state index contributed by atoms with van der Waals surface area (Å²) in [6, 6.07) is 0. The predicted octanol–water partition coefficient (Wildman–Crippen LogP) is 0.760. The Morgan fingerprint density at radius 2 is 2.00 bits per heavy atom. The molecule has 0 aromatic rings. The van der Waals surface area contributed by atoms with Gasteiger partial charge >= 0.3 is 0 Å². The summed E-state index contributed by atoms with van der Waals surface area (Å²) in [5, 5.41) is 12.7. The first kappa shape index (κ1) is 10.5. The van der Waals surface area contributed by atoms with Crippen LogP contribution in [0.15, 0.2) is 0 Å². The molecular formula is C9H17NO. The van der Waals surface area contributed by atoms with E-state index in [1.807, 2.05) is 13.8 Å². The van der Waals surface area contributed by atoms with Gasteiger partial charge in [-0.25, -0.2) is 0 Å². The van der Waals surface area contributed by atoms with E-state index < -0.39 is 5.60 Å². The van der Waals surface area contributed by atoms with Crippen molar-refractivity contribution >= 4 is 0 Å². The second kappa shape index (κ2) is 5.17. The van der Waals surface area contributed by atoms with Gasteiger partial charge in [-0.05, 0) is 12.8 Å². The van der Waals surface area contributed by atoms with Crippen LogP contribution in [0.5, 0.6) is 0 Å². The third kappa shape index (κ3) is 4.02. The van der Waals surface area contributed by atoms with E-state index in [9.17, 15) is 5.11 Å². The molecule has 0 bridgehead atoms. The zero-order chi connectivity index (χ0) is 8.74. The van der Waals surface area contributed by atoms with Gasteiger partial charge in [-0.2, -0.15) is 0 Å². The van der Waals surface area contributed by atoms with Gasteiger partial charge in [0.25, 0.3) is 0 Å². The molecular weight excluding hydrogens is 138 g/mol. The second-order valence-corrected chi connectivity index (χ2v) is 2.74. The Labute approximate surface area is 69.0 Å². The maximum Gasteiger partial charge on any atom is 0.0766 e. The van der Waals surface area contributed by atoms with Crippen molar-refractivity contribution in [2.75, 3.05) is 13.1 Å². The molecule has 0 spiro atoms. The van der Waals surface area contributed by atoms with Crippen molar-refractivity contribution in [2.45, 2.75) is 32.3 Å². The number of rotatable bonds is 5. The van der Waals surface area contributed by atoms with Crippen LogP contribution in [-0.4, -0.2) is 23.8 Å². The third-order valence-electron chi connectivity index (χ3n) is 2.00. The first-order chi connectivity index (χ1) is 5.18. The van der Waals surface area contributed by atoms with E-state index in [2.05, 4.69) is 11.2 Å². The minimum absolute atomic E-state index is 0.530. The van der Waals surface area contributed by atoms with E-state index in [1.54, 1.807) is 0 Å². The minimum Gasteiger partial charge on any atom is -0.389 e. The molecule has 0 atom stereocenters. The fraction of sp³-hybridized carbons (Fsp3) is 0.778. The quantitative estimate of drug-likeness (QED) is 0.454. The highest BCUT2D eigenvalue weighted by Crippen LogP contribution is 2.12. The summed E-state index contributed by atoms with van der Waals surface area (Å²) in [6.07, 6.45) is 6.58. The summed E-state index contributed by atoms with van der Waals surface area (Å²) in [7, 11) is 0. The van der Waals surface area contributed by atoms with Gasteiger partial charge in [0.2, 0.25) is 0 Å². The molecule has 0 saturated carbocycles. The average molecular weight is 155 g/mol. The topological polar surface area (TPSA) is 32.3 Å². The lowest BCUT2D eigenvalue weighted by molar-refractivity contribution is 0.0336. The van der Waals surface area contributed by atoms with E-state index in [1.165, 1.54) is 0 Å². The van der Waals surface area contributed by atoms with Crippen LogP contribution in [0.1, 0.15) is 26.7 Å². The van der Waals surface area contributed by atoms with Gasteiger partial charge in [-0.1, -0.05) is 19.8 Å². The molecule has 11 heavy (non-hydrogen) atoms. The molecule has 0 heterocycles. The molecule has 0 aliphatic carbocycles. The van der Waals surface area contributed by atoms with E-state index >= 15 is 0 Å². The van der Waals surface area contributed by atoms with Gasteiger partial charge < -0.3 is 10.4 Å². The molecule has 0 rings (SSSR count). The zero-order valence-electron chi connectivity index (χ0n) is 7.35. The van der Waals surface area contributed by atoms with Gasteiger partial charge in [0, 0.05) is 6.54 Å². The van der Waals surface area contributed by atoms with Crippen LogP contribution in [0.25, 0.3) is 0 Å². The van der Waals surface area contributed by atoms with Gasteiger partial charge in [0.15, 0.2) is 0 Å². The molecule has 2 nitrogen and oxygen atoms in total. The number of aliphatic hydroxyl groups is 1. The van der Waals surface area contributed by atoms with Crippen molar-refractivity contribution in [1.29, 1.82) is 0 Å². The van der Waals surface area contributed by atoms with Crippen LogP contribution in [0.4, 0.5) is 0 Å². The largest absolute Gasteiger partial charge is 0.389 e. The van der Waals surface area contributed by atoms with Crippen molar-refractivity contribution in [3.8, 4) is 12.3 Å². The Kier molecular flexibility index (Phi) is 4.93. The standard InChI is InChI=1S/C9H17NO/c1-4-7-10-8-9(11,5-2)6-3/h1,10-11H,5-8H2,2-3H3. The fourth-order valence-corrected chi connectivity index (χ4v) is 0.867. The SMILES string of the molecule is C#CCNCC(O)(CC)CC. The molecule has 0 aromatic carbocycles. The molecule has 0 amide bonds. The Hall–Kier alpha value is -0.520. The molecule has 0 fully saturated rings. The summed E-state index contributed by atoms with van der Waals surface area (Å²) >= 11 is 0. The Bertz CT molecular complexity index is 133. The summed E-state index contributed by atoms with van der Waals surface area (Å²) in [6.45, 7) is 5.06. The van der Waals surface area contributed by atoms with Crippen molar-refractivity contribution in [3.63, 3.8) is 0 Å². The second-order valence-electron chi connectivity index (χ2n) is 2.74. The lowest BCUT2D eigenvalue weighted by atomic mass is 9.98. The molecule has 2 N–H and O–H groups in total. The van der Waals surface area contributed by atoms with Crippen LogP contribution < -0.4 is 5.32 Å². The molecule has 2 heteroatoms. The van der Waals surface area contributed by atoms with Gasteiger partial charge in [-0.15, -0.1) is 6.42 Å². The first-order valence-corrected chi connectivity index (χ1v) is 4.05. The predicted molar refractivity (Wildman–Crippen MR) is 47.2 cm³/mol. The highest BCUT2D eigenvalue weighted by atomic mass is 16.3. The van der Waals surface area contributed by atoms with Gasteiger partial charge in [0.05, 0.1) is 12.1 Å². The number of nitrogens with one attached hydrogen (secondary N) is 1. The van der Waals surface area contributed by atoms with Crippen molar-refractivity contribution in [2.24, 2.45) is 0 Å². The Morgan fingerprint density at radius 1 is 1.45 bits per heavy atom. The molecule has 0 radical (unpaired) electrons. The monoisotopic (exact) mass is 155 g/mol. The minimum atomic E-state index is -0.573. The summed E-state index contributed by atoms with van der Waals surface area (Å²) in [5.41, 5.74) is -0.573. The van der Waals surface area contributed by atoms with Gasteiger partial charge in [-0.3, -0.25) is 0 Å². The van der Waals surface area contributed by atoms with E-state index in [4.69, 9.17) is 6.42 Å². The molecule has 64 valence electrons. The molecule has 0 saturated heterocycles. The normalized spacial score (nSPS) is 11.1. The highest BCUT2D eigenvalue weighted by molar-refractivity contribution is 4.88. The molecule has 0 aliphatic rings. The maximum absolute atomic E-state index is 9.72. The third-order valence-corrected chi connectivity index (χ3v) is 2.00. The lowest BCUT2D eigenvalue weighted by Gasteiger charge is -2.24. The van der Waals surface area contributed by atoms with Crippen LogP contribution >= 0.6 is 0 Å². The first-order valence-electron chi connectivity index (χ1n) is 4.05. The van der Waals surface area contributed by atoms with E-state index in [0.29, 0.717) is 13.1 Å². The number of hydrogen-bond acceptors (Lipinski definition) is 2. The molecule has 0 unspecified atom stereocenters. The van der Waals surface area contributed by atoms with Crippen molar-refractivity contribution in [3.05, 3.63) is 0 Å². The van der Waals surface area contributed by atoms with E-state index in [-0.39, 0.29) is 0 Å². The van der Waals surface area contributed by atoms with E-state index in [0.717, 1.165) is 12.8 Å². The molecule has 0 aliphatic heterocycles. The highest BCUT2D eigenvalue weighted by Gasteiger charge is 2.20. The van der Waals surface area contributed by atoms with Crippen molar-refractivity contribution in [1.82, 2.24) is 5.32 Å². The summed E-state index contributed by atoms with van der Waals surface area (Å²) in [4.78, 5) is 0. The van der Waals surface area contributed by atoms with Gasteiger partial charge in [0.1, 0.15) is 0 Å². The Balaban J connectivity index is 3.62. The number of hydrogen-bond donors (Lipinski definition) is 2. The fourth-order valence-electron chi connectivity index (χ4n) is 0.867. The van der Waals surface area contributed by atoms with Crippen molar-refractivity contribution < 1.29 is 5.11 Å². The van der Waals surface area contributed by atoms with Crippen LogP contribution in [0.2, 0.25) is 0 Å². The summed E-state index contributed by atoms with van der Waals surface area (Å²) in [5.74, 6) is 2.47.